The zero-order valence-corrected chi connectivity index (χ0v) is 9.14. The third-order valence-corrected chi connectivity index (χ3v) is 2.12. The third kappa shape index (κ3) is 2.70. The van der Waals surface area contributed by atoms with Gasteiger partial charge in [-0.05, 0) is 0 Å². The molecule has 4 nitrogen and oxygen atoms in total. The minimum Gasteiger partial charge on any atom is -0.453 e. The fourth-order valence-electron chi connectivity index (χ4n) is 1.38. The first-order valence-corrected chi connectivity index (χ1v) is 4.59. The molecule has 1 aromatic rings. The van der Waals surface area contributed by atoms with E-state index in [2.05, 4.69) is 4.74 Å². The summed E-state index contributed by atoms with van der Waals surface area (Å²) in [6.07, 6.45) is -0.843. The number of methoxy groups -OCH3 is 2. The molecular weight excluding hydrogens is 194 g/mol. The molecule has 0 N–H and O–H groups in total. The van der Waals surface area contributed by atoms with Crippen molar-refractivity contribution < 1.29 is 14.3 Å². The summed E-state index contributed by atoms with van der Waals surface area (Å²) in [6.45, 7) is 0. The van der Waals surface area contributed by atoms with Crippen LogP contribution in [0.4, 0.5) is 4.79 Å². The molecule has 1 aromatic carbocycles. The second kappa shape index (κ2) is 5.36. The van der Waals surface area contributed by atoms with Gasteiger partial charge in [-0.15, -0.1) is 0 Å². The van der Waals surface area contributed by atoms with Crippen LogP contribution in [-0.4, -0.2) is 32.3 Å². The van der Waals surface area contributed by atoms with E-state index in [0.29, 0.717) is 0 Å². The number of rotatable bonds is 3. The average Bonchev–Trinajstić information content (AvgIpc) is 2.30. The lowest BCUT2D eigenvalue weighted by molar-refractivity contribution is -0.0147. The highest BCUT2D eigenvalue weighted by atomic mass is 16.6. The van der Waals surface area contributed by atoms with Gasteiger partial charge in [0.25, 0.3) is 0 Å². The Labute approximate surface area is 89.4 Å². The maximum Gasteiger partial charge on any atom is 0.411 e. The van der Waals surface area contributed by atoms with Crippen molar-refractivity contribution in [2.24, 2.45) is 0 Å². The Morgan fingerprint density at radius 1 is 1.27 bits per heavy atom. The number of carbonyl (C=O) groups excluding carboxylic acids is 1. The van der Waals surface area contributed by atoms with Crippen molar-refractivity contribution in [3.63, 3.8) is 0 Å². The number of amides is 1. The molecule has 0 bridgehead atoms. The Morgan fingerprint density at radius 2 is 1.87 bits per heavy atom. The van der Waals surface area contributed by atoms with Crippen molar-refractivity contribution in [2.45, 2.75) is 6.23 Å². The smallest absolute Gasteiger partial charge is 0.411 e. The van der Waals surface area contributed by atoms with Crippen molar-refractivity contribution in [2.75, 3.05) is 21.3 Å². The number of nitrogens with zero attached hydrogens (tertiary/aromatic N) is 1. The summed E-state index contributed by atoms with van der Waals surface area (Å²) in [5, 5.41) is 0. The van der Waals surface area contributed by atoms with Gasteiger partial charge in [0.1, 0.15) is 0 Å². The molecule has 0 fully saturated rings. The van der Waals surface area contributed by atoms with Crippen LogP contribution in [0.5, 0.6) is 0 Å². The molecule has 0 heterocycles. The number of benzene rings is 1. The molecule has 0 saturated heterocycles. The van der Waals surface area contributed by atoms with E-state index in [4.69, 9.17) is 4.74 Å². The van der Waals surface area contributed by atoms with Crippen LogP contribution < -0.4 is 0 Å². The molecule has 82 valence electrons. The van der Waals surface area contributed by atoms with Crippen LogP contribution in [0.3, 0.4) is 0 Å². The Morgan fingerprint density at radius 3 is 2.33 bits per heavy atom. The fraction of sp³-hybridized carbons (Fsp3) is 0.364. The van der Waals surface area contributed by atoms with Gasteiger partial charge < -0.3 is 9.47 Å². The predicted molar refractivity (Wildman–Crippen MR) is 56.4 cm³/mol. The predicted octanol–water partition coefficient (Wildman–Crippen LogP) is 2.03. The summed E-state index contributed by atoms with van der Waals surface area (Å²) in [6, 6.07) is 9.49. The highest BCUT2D eigenvalue weighted by Gasteiger charge is 2.21. The fourth-order valence-corrected chi connectivity index (χ4v) is 1.38. The van der Waals surface area contributed by atoms with E-state index < -0.39 is 12.3 Å². The minimum absolute atomic E-state index is 0.418. The van der Waals surface area contributed by atoms with Crippen molar-refractivity contribution in [1.29, 1.82) is 0 Å². The van der Waals surface area contributed by atoms with E-state index in [1.807, 2.05) is 30.3 Å². The molecule has 1 amide bonds. The molecule has 0 saturated carbocycles. The molecule has 0 spiro atoms. The van der Waals surface area contributed by atoms with Gasteiger partial charge in [0, 0.05) is 19.7 Å². The van der Waals surface area contributed by atoms with Gasteiger partial charge in [-0.3, -0.25) is 4.90 Å². The molecule has 0 aliphatic heterocycles. The molecule has 0 aromatic heterocycles. The average molecular weight is 209 g/mol. The zero-order valence-electron chi connectivity index (χ0n) is 9.14. The largest absolute Gasteiger partial charge is 0.453 e. The maximum atomic E-state index is 11.3. The molecule has 1 unspecified atom stereocenters. The van der Waals surface area contributed by atoms with E-state index in [1.165, 1.54) is 12.0 Å². The first-order chi connectivity index (χ1) is 7.20. The van der Waals surface area contributed by atoms with Gasteiger partial charge >= 0.3 is 6.09 Å². The van der Waals surface area contributed by atoms with E-state index >= 15 is 0 Å². The van der Waals surface area contributed by atoms with Crippen LogP contribution in [0.2, 0.25) is 0 Å². The zero-order chi connectivity index (χ0) is 11.3. The SMILES string of the molecule is COC(=O)N(C)C(OC)c1ccccc1. The highest BCUT2D eigenvalue weighted by molar-refractivity contribution is 5.67. The van der Waals surface area contributed by atoms with Gasteiger partial charge in [0.15, 0.2) is 6.23 Å². The molecule has 1 atom stereocenters. The van der Waals surface area contributed by atoms with Crippen molar-refractivity contribution in [1.82, 2.24) is 4.90 Å². The summed E-state index contributed by atoms with van der Waals surface area (Å²) in [7, 11) is 4.53. The Balaban J connectivity index is 2.85. The van der Waals surface area contributed by atoms with E-state index in [0.717, 1.165) is 5.56 Å². The number of ether oxygens (including phenoxy) is 2. The van der Waals surface area contributed by atoms with E-state index in [9.17, 15) is 4.79 Å². The lowest BCUT2D eigenvalue weighted by atomic mass is 10.2. The molecule has 0 radical (unpaired) electrons. The Bertz CT molecular complexity index is 313. The first kappa shape index (κ1) is 11.5. The number of carbonyl (C=O) groups is 1. The van der Waals surface area contributed by atoms with Gasteiger partial charge in [0.2, 0.25) is 0 Å². The summed E-state index contributed by atoms with van der Waals surface area (Å²) in [5.41, 5.74) is 0.910. The number of hydrogen-bond donors (Lipinski definition) is 0. The number of hydrogen-bond acceptors (Lipinski definition) is 3. The summed E-state index contributed by atoms with van der Waals surface area (Å²) >= 11 is 0. The normalized spacial score (nSPS) is 11.9. The highest BCUT2D eigenvalue weighted by Crippen LogP contribution is 2.19. The van der Waals surface area contributed by atoms with Crippen LogP contribution >= 0.6 is 0 Å². The molecular formula is C11H15NO3. The summed E-state index contributed by atoms with van der Waals surface area (Å²) < 4.78 is 9.87. The second-order valence-electron chi connectivity index (χ2n) is 3.08. The quantitative estimate of drug-likeness (QED) is 0.715. The molecule has 4 heteroatoms. The maximum absolute atomic E-state index is 11.3. The third-order valence-electron chi connectivity index (χ3n) is 2.12. The van der Waals surface area contributed by atoms with Crippen LogP contribution in [0.25, 0.3) is 0 Å². The van der Waals surface area contributed by atoms with Crippen molar-refractivity contribution >= 4 is 6.09 Å². The molecule has 0 aliphatic rings. The summed E-state index contributed by atoms with van der Waals surface area (Å²) in [5.74, 6) is 0. The topological polar surface area (TPSA) is 38.8 Å². The lowest BCUT2D eigenvalue weighted by Gasteiger charge is -2.25. The van der Waals surface area contributed by atoms with Gasteiger partial charge in [-0.25, -0.2) is 4.79 Å². The lowest BCUT2D eigenvalue weighted by Crippen LogP contribution is -2.32. The first-order valence-electron chi connectivity index (χ1n) is 4.59. The Hall–Kier alpha value is -1.55. The molecule has 1 rings (SSSR count). The monoisotopic (exact) mass is 209 g/mol. The standard InChI is InChI=1S/C11H15NO3/c1-12(11(13)15-3)10(14-2)9-7-5-4-6-8-9/h4-8,10H,1-3H3. The van der Waals surface area contributed by atoms with Crippen LogP contribution in [0.1, 0.15) is 11.8 Å². The van der Waals surface area contributed by atoms with Crippen molar-refractivity contribution in [3.05, 3.63) is 35.9 Å². The van der Waals surface area contributed by atoms with E-state index in [-0.39, 0.29) is 0 Å². The summed E-state index contributed by atoms with van der Waals surface area (Å²) in [4.78, 5) is 12.7. The van der Waals surface area contributed by atoms with E-state index in [1.54, 1.807) is 14.2 Å². The van der Waals surface area contributed by atoms with Crippen LogP contribution in [0.15, 0.2) is 30.3 Å². The second-order valence-corrected chi connectivity index (χ2v) is 3.08. The van der Waals surface area contributed by atoms with Gasteiger partial charge in [-0.1, -0.05) is 30.3 Å². The Kier molecular flexibility index (Phi) is 4.12. The van der Waals surface area contributed by atoms with Crippen molar-refractivity contribution in [3.8, 4) is 0 Å². The van der Waals surface area contributed by atoms with Gasteiger partial charge in [-0.2, -0.15) is 0 Å². The van der Waals surface area contributed by atoms with Crippen LogP contribution in [0, 0.1) is 0 Å². The molecule has 0 aliphatic carbocycles. The van der Waals surface area contributed by atoms with Gasteiger partial charge in [0.05, 0.1) is 7.11 Å². The van der Waals surface area contributed by atoms with Crippen LogP contribution in [-0.2, 0) is 9.47 Å². The minimum atomic E-state index is -0.425. The molecule has 15 heavy (non-hydrogen) atoms.